The fraction of sp³-hybridized carbons (Fsp3) is 0.282. The van der Waals surface area contributed by atoms with Gasteiger partial charge in [-0.15, -0.1) is 0 Å². The molecule has 0 saturated carbocycles. The molecule has 2 amide bonds. The van der Waals surface area contributed by atoms with Gasteiger partial charge in [-0.3, -0.25) is 14.4 Å². The van der Waals surface area contributed by atoms with Gasteiger partial charge in [-0.25, -0.2) is 9.18 Å². The predicted octanol–water partition coefficient (Wildman–Crippen LogP) is 8.50. The first-order valence-electron chi connectivity index (χ1n) is 16.4. The number of hydrogen-bond donors (Lipinski definition) is 1. The van der Waals surface area contributed by atoms with E-state index < -0.39 is 35.4 Å². The van der Waals surface area contributed by atoms with E-state index >= 15 is 0 Å². The summed E-state index contributed by atoms with van der Waals surface area (Å²) < 4.78 is 63.6. The van der Waals surface area contributed by atoms with Crippen molar-refractivity contribution in [1.29, 1.82) is 0 Å². The third-order valence-electron chi connectivity index (χ3n) is 8.09. The average Bonchev–Trinajstić information content (AvgIpc) is 3.65. The van der Waals surface area contributed by atoms with Crippen molar-refractivity contribution in [2.75, 3.05) is 25.0 Å². The number of aryl methyl sites for hydroxylation is 1. The van der Waals surface area contributed by atoms with Crippen LogP contribution in [0, 0.1) is 5.82 Å². The number of hydrogen-bond acceptors (Lipinski definition) is 6. The molecule has 0 aliphatic carbocycles. The second-order valence-corrected chi connectivity index (χ2v) is 11.7. The summed E-state index contributed by atoms with van der Waals surface area (Å²) in [5, 5.41) is 2.82. The van der Waals surface area contributed by atoms with E-state index in [1.54, 1.807) is 61.2 Å². The van der Waals surface area contributed by atoms with E-state index in [0.29, 0.717) is 42.6 Å². The maximum atomic E-state index is 14.5. The van der Waals surface area contributed by atoms with Gasteiger partial charge in [0.25, 0.3) is 11.8 Å². The molecule has 4 rings (SSSR count). The molecule has 0 unspecified atom stereocenters. The maximum absolute atomic E-state index is 14.5. The normalized spacial score (nSPS) is 13.3. The molecular weight excluding hydrogens is 668 g/mol. The standard InChI is InChI=1S/C39H38F4N2O6/c1-4-27(17-15-25(3)39(41,42)43)29-12-6-7-13-30(29)36(47)44-33-19-16-26(23-31(33)37(48)45-21-8-9-22-45)11-10-14-35(46)51-34-20-18-28(24-32(34)40)38(49)50-5-2/h4,6-7,12-13,15-20,23-24H,3,5,8-11,14,21-22H2,1-2H3,(H,44,47)/b17-15-,27-4+. The molecule has 3 aromatic carbocycles. The molecule has 0 atom stereocenters. The number of carbonyl (C=O) groups excluding carboxylic acids is 4. The number of likely N-dealkylation sites (tertiary alicyclic amines) is 1. The van der Waals surface area contributed by atoms with Gasteiger partial charge in [0, 0.05) is 30.6 Å². The van der Waals surface area contributed by atoms with Crippen molar-refractivity contribution in [3.05, 3.63) is 125 Å². The molecule has 1 N–H and O–H groups in total. The number of anilines is 1. The summed E-state index contributed by atoms with van der Waals surface area (Å²) in [4.78, 5) is 53.3. The Morgan fingerprint density at radius 1 is 0.941 bits per heavy atom. The number of alkyl halides is 3. The Hall–Kier alpha value is -5.52. The molecule has 1 fully saturated rings. The summed E-state index contributed by atoms with van der Waals surface area (Å²) in [5.74, 6) is -3.43. The van der Waals surface area contributed by atoms with Crippen LogP contribution in [0.5, 0.6) is 5.75 Å². The lowest BCUT2D eigenvalue weighted by Crippen LogP contribution is -2.29. The van der Waals surface area contributed by atoms with E-state index in [9.17, 15) is 36.7 Å². The van der Waals surface area contributed by atoms with Gasteiger partial charge in [0.1, 0.15) is 0 Å². The number of allylic oxidation sites excluding steroid dienone is 5. The molecule has 3 aromatic rings. The first kappa shape index (κ1) is 38.3. The molecule has 0 bridgehead atoms. The summed E-state index contributed by atoms with van der Waals surface area (Å²) in [6.07, 6.45) is 1.35. The van der Waals surface area contributed by atoms with Crippen molar-refractivity contribution in [2.24, 2.45) is 0 Å². The topological polar surface area (TPSA) is 102 Å². The number of nitrogens with one attached hydrogen (secondary N) is 1. The Kier molecular flexibility index (Phi) is 13.1. The number of amides is 2. The third-order valence-corrected chi connectivity index (χ3v) is 8.09. The second kappa shape index (κ2) is 17.4. The number of rotatable bonds is 13. The van der Waals surface area contributed by atoms with Crippen LogP contribution in [-0.2, 0) is 16.0 Å². The zero-order valence-corrected chi connectivity index (χ0v) is 28.3. The highest BCUT2D eigenvalue weighted by Gasteiger charge is 2.30. The third kappa shape index (κ3) is 10.3. The molecule has 0 radical (unpaired) electrons. The minimum atomic E-state index is -4.60. The Labute approximate surface area is 293 Å². The number of carbonyl (C=O) groups is 4. The highest BCUT2D eigenvalue weighted by molar-refractivity contribution is 6.11. The molecule has 51 heavy (non-hydrogen) atoms. The van der Waals surface area contributed by atoms with E-state index in [0.717, 1.165) is 25.0 Å². The minimum absolute atomic E-state index is 0.0107. The molecule has 8 nitrogen and oxygen atoms in total. The zero-order valence-electron chi connectivity index (χ0n) is 28.3. The Morgan fingerprint density at radius 2 is 1.65 bits per heavy atom. The highest BCUT2D eigenvalue weighted by atomic mass is 19.4. The van der Waals surface area contributed by atoms with Crippen molar-refractivity contribution in [3.63, 3.8) is 0 Å². The van der Waals surface area contributed by atoms with Crippen molar-refractivity contribution in [2.45, 2.75) is 52.1 Å². The van der Waals surface area contributed by atoms with Gasteiger partial charge in [-0.1, -0.05) is 49.1 Å². The highest BCUT2D eigenvalue weighted by Crippen LogP contribution is 2.29. The molecule has 0 aromatic heterocycles. The van der Waals surface area contributed by atoms with Crippen LogP contribution in [-0.4, -0.2) is 54.5 Å². The largest absolute Gasteiger partial charge is 0.462 e. The average molecular weight is 707 g/mol. The number of ether oxygens (including phenoxy) is 2. The zero-order chi connectivity index (χ0) is 37.1. The minimum Gasteiger partial charge on any atom is -0.462 e. The maximum Gasteiger partial charge on any atom is 0.415 e. The van der Waals surface area contributed by atoms with Crippen LogP contribution in [0.4, 0.5) is 23.2 Å². The quantitative estimate of drug-likeness (QED) is 0.0828. The van der Waals surface area contributed by atoms with Gasteiger partial charge in [0.05, 0.1) is 23.4 Å². The Morgan fingerprint density at radius 3 is 2.29 bits per heavy atom. The monoisotopic (exact) mass is 706 g/mol. The lowest BCUT2D eigenvalue weighted by molar-refractivity contribution is -0.134. The SMILES string of the molecule is C=C(/C=C\C(=C/C)c1ccccc1C(=O)Nc1ccc(CCCC(=O)Oc2ccc(C(=O)OCC)cc2F)cc1C(=O)N1CCCC1)C(F)(F)F. The number of benzene rings is 3. The van der Waals surface area contributed by atoms with E-state index in [-0.39, 0.29) is 47.1 Å². The number of esters is 2. The summed E-state index contributed by atoms with van der Waals surface area (Å²) in [6.45, 7) is 7.57. The molecular formula is C39H38F4N2O6. The Bertz CT molecular complexity index is 1860. The van der Waals surface area contributed by atoms with Crippen molar-refractivity contribution in [3.8, 4) is 5.75 Å². The lowest BCUT2D eigenvalue weighted by Gasteiger charge is -2.19. The number of halogens is 4. The van der Waals surface area contributed by atoms with Crippen LogP contribution < -0.4 is 10.1 Å². The number of nitrogens with zero attached hydrogens (tertiary/aromatic N) is 1. The van der Waals surface area contributed by atoms with Crippen molar-refractivity contribution in [1.82, 2.24) is 4.90 Å². The first-order valence-corrected chi connectivity index (χ1v) is 16.4. The van der Waals surface area contributed by atoms with Crippen molar-refractivity contribution < 1.29 is 46.2 Å². The lowest BCUT2D eigenvalue weighted by atomic mass is 9.97. The summed E-state index contributed by atoms with van der Waals surface area (Å²) in [7, 11) is 0. The molecule has 1 saturated heterocycles. The molecule has 12 heteroatoms. The van der Waals surface area contributed by atoms with Crippen molar-refractivity contribution >= 4 is 35.0 Å². The summed E-state index contributed by atoms with van der Waals surface area (Å²) >= 11 is 0. The van der Waals surface area contributed by atoms with Gasteiger partial charge in [0.2, 0.25) is 0 Å². The molecule has 1 aliphatic heterocycles. The van der Waals surface area contributed by atoms with Gasteiger partial charge >= 0.3 is 18.1 Å². The van der Waals surface area contributed by atoms with E-state index in [2.05, 4.69) is 11.9 Å². The fourth-order valence-corrected chi connectivity index (χ4v) is 5.41. The predicted molar refractivity (Wildman–Crippen MR) is 185 cm³/mol. The molecule has 0 spiro atoms. The molecule has 1 heterocycles. The second-order valence-electron chi connectivity index (χ2n) is 11.7. The van der Waals surface area contributed by atoms with Crippen LogP contribution >= 0.6 is 0 Å². The van der Waals surface area contributed by atoms with Crippen LogP contribution in [0.1, 0.15) is 81.7 Å². The van der Waals surface area contributed by atoms with Crippen LogP contribution in [0.2, 0.25) is 0 Å². The van der Waals surface area contributed by atoms with Gasteiger partial charge in [-0.2, -0.15) is 13.2 Å². The van der Waals surface area contributed by atoms with E-state index in [4.69, 9.17) is 9.47 Å². The van der Waals surface area contributed by atoms with E-state index in [1.165, 1.54) is 24.3 Å². The molecule has 1 aliphatic rings. The van der Waals surface area contributed by atoms with Gasteiger partial charge in [0.15, 0.2) is 11.6 Å². The van der Waals surface area contributed by atoms with Crippen LogP contribution in [0.3, 0.4) is 0 Å². The Balaban J connectivity index is 1.49. The van der Waals surface area contributed by atoms with Gasteiger partial charge in [-0.05, 0) is 92.6 Å². The van der Waals surface area contributed by atoms with Crippen LogP contribution in [0.25, 0.3) is 5.57 Å². The molecule has 268 valence electrons. The summed E-state index contributed by atoms with van der Waals surface area (Å²) in [6, 6.07) is 14.8. The van der Waals surface area contributed by atoms with Gasteiger partial charge < -0.3 is 19.7 Å². The summed E-state index contributed by atoms with van der Waals surface area (Å²) in [5.41, 5.74) is 1.09. The first-order chi connectivity index (χ1) is 24.3. The van der Waals surface area contributed by atoms with E-state index in [1.807, 2.05) is 0 Å². The van der Waals surface area contributed by atoms with Crippen LogP contribution in [0.15, 0.2) is 91.0 Å². The fourth-order valence-electron chi connectivity index (χ4n) is 5.41. The smallest absolute Gasteiger partial charge is 0.415 e.